The van der Waals surface area contributed by atoms with E-state index >= 15 is 0 Å². The normalized spacial score (nSPS) is 19.9. The molecule has 1 aliphatic heterocycles. The largest absolute Gasteiger partial charge is 0.391 e. The third kappa shape index (κ3) is 3.46. The molecule has 6 heteroatoms. The van der Waals surface area contributed by atoms with E-state index in [-0.39, 0.29) is 11.0 Å². The van der Waals surface area contributed by atoms with Crippen LogP contribution in [0.3, 0.4) is 0 Å². The summed E-state index contributed by atoms with van der Waals surface area (Å²) in [5, 5.41) is 9.49. The van der Waals surface area contributed by atoms with Gasteiger partial charge in [-0.25, -0.2) is 13.1 Å². The minimum absolute atomic E-state index is 0.282. The number of rotatable bonds is 5. The molecule has 1 aliphatic rings. The zero-order chi connectivity index (χ0) is 13.9. The second-order valence-electron chi connectivity index (χ2n) is 4.78. The van der Waals surface area contributed by atoms with Crippen molar-refractivity contribution >= 4 is 15.7 Å². The molecule has 0 unspecified atom stereocenters. The van der Waals surface area contributed by atoms with Crippen molar-refractivity contribution in [3.8, 4) is 0 Å². The van der Waals surface area contributed by atoms with E-state index in [2.05, 4.69) is 9.62 Å². The van der Waals surface area contributed by atoms with Gasteiger partial charge in [-0.05, 0) is 37.1 Å². The van der Waals surface area contributed by atoms with E-state index in [0.29, 0.717) is 13.1 Å². The highest BCUT2D eigenvalue weighted by molar-refractivity contribution is 7.89. The van der Waals surface area contributed by atoms with Crippen molar-refractivity contribution in [3.63, 3.8) is 0 Å². The summed E-state index contributed by atoms with van der Waals surface area (Å²) >= 11 is 0. The summed E-state index contributed by atoms with van der Waals surface area (Å²) in [6, 6.07) is 6.80. The monoisotopic (exact) mass is 284 g/mol. The number of anilines is 1. The quantitative estimate of drug-likeness (QED) is 0.844. The van der Waals surface area contributed by atoms with Crippen molar-refractivity contribution in [1.29, 1.82) is 0 Å². The number of hydrogen-bond donors (Lipinski definition) is 2. The molecule has 5 nitrogen and oxygen atoms in total. The smallest absolute Gasteiger partial charge is 0.240 e. The SMILES string of the molecule is CCCNS(=O)(=O)c1ccc(N2CC[C@@H](O)C2)cc1. The lowest BCUT2D eigenvalue weighted by molar-refractivity contribution is 0.198. The van der Waals surface area contributed by atoms with Crippen LogP contribution in [-0.4, -0.2) is 39.3 Å². The van der Waals surface area contributed by atoms with E-state index in [9.17, 15) is 13.5 Å². The summed E-state index contributed by atoms with van der Waals surface area (Å²) in [6.07, 6.45) is 1.25. The summed E-state index contributed by atoms with van der Waals surface area (Å²) in [5.41, 5.74) is 0.950. The zero-order valence-electron chi connectivity index (χ0n) is 11.0. The Morgan fingerprint density at radius 1 is 1.37 bits per heavy atom. The average molecular weight is 284 g/mol. The lowest BCUT2D eigenvalue weighted by Crippen LogP contribution is -2.24. The molecule has 106 valence electrons. The average Bonchev–Trinajstić information content (AvgIpc) is 2.83. The molecule has 2 rings (SSSR count). The highest BCUT2D eigenvalue weighted by Crippen LogP contribution is 2.22. The van der Waals surface area contributed by atoms with E-state index in [0.717, 1.165) is 25.1 Å². The first-order valence-corrected chi connectivity index (χ1v) is 8.04. The van der Waals surface area contributed by atoms with E-state index < -0.39 is 10.0 Å². The number of nitrogens with one attached hydrogen (secondary N) is 1. The van der Waals surface area contributed by atoms with Crippen molar-refractivity contribution in [3.05, 3.63) is 24.3 Å². The van der Waals surface area contributed by atoms with Gasteiger partial charge in [0.2, 0.25) is 10.0 Å². The van der Waals surface area contributed by atoms with Crippen LogP contribution in [0.1, 0.15) is 19.8 Å². The van der Waals surface area contributed by atoms with Crippen LogP contribution in [0, 0.1) is 0 Å². The Morgan fingerprint density at radius 2 is 2.05 bits per heavy atom. The topological polar surface area (TPSA) is 69.6 Å². The van der Waals surface area contributed by atoms with Crippen molar-refractivity contribution in [2.75, 3.05) is 24.5 Å². The number of β-amino-alcohol motifs (C(OH)–C–C–N with tert-alkyl or cyclic N) is 1. The molecule has 1 aromatic carbocycles. The van der Waals surface area contributed by atoms with E-state index in [1.807, 2.05) is 6.92 Å². The number of hydrogen-bond acceptors (Lipinski definition) is 4. The van der Waals surface area contributed by atoms with Gasteiger partial charge in [-0.2, -0.15) is 0 Å². The number of benzene rings is 1. The fourth-order valence-electron chi connectivity index (χ4n) is 2.13. The maximum atomic E-state index is 11.9. The second-order valence-corrected chi connectivity index (χ2v) is 6.55. The molecule has 0 aromatic heterocycles. The van der Waals surface area contributed by atoms with E-state index in [4.69, 9.17) is 0 Å². The van der Waals surface area contributed by atoms with Gasteiger partial charge in [0.05, 0.1) is 11.0 Å². The molecule has 2 N–H and O–H groups in total. The Labute approximate surface area is 114 Å². The van der Waals surface area contributed by atoms with Crippen LogP contribution in [0.5, 0.6) is 0 Å². The molecule has 0 spiro atoms. The molecule has 0 radical (unpaired) electrons. The summed E-state index contributed by atoms with van der Waals surface area (Å²) in [4.78, 5) is 2.34. The summed E-state index contributed by atoms with van der Waals surface area (Å²) in [6.45, 7) is 3.79. The number of sulfonamides is 1. The van der Waals surface area contributed by atoms with Crippen LogP contribution in [0.4, 0.5) is 5.69 Å². The Hall–Kier alpha value is -1.11. The molecular weight excluding hydrogens is 264 g/mol. The van der Waals surface area contributed by atoms with Gasteiger partial charge < -0.3 is 10.0 Å². The molecule has 1 fully saturated rings. The van der Waals surface area contributed by atoms with Crippen LogP contribution < -0.4 is 9.62 Å². The molecule has 1 atom stereocenters. The van der Waals surface area contributed by atoms with Gasteiger partial charge in [0, 0.05) is 25.3 Å². The molecule has 0 bridgehead atoms. The van der Waals surface area contributed by atoms with Crippen molar-refractivity contribution in [2.45, 2.75) is 30.8 Å². The Bertz CT molecular complexity index is 513. The molecule has 1 aromatic rings. The lowest BCUT2D eigenvalue weighted by atomic mass is 10.3. The fraction of sp³-hybridized carbons (Fsp3) is 0.538. The highest BCUT2D eigenvalue weighted by atomic mass is 32.2. The first-order valence-electron chi connectivity index (χ1n) is 6.55. The molecule has 1 saturated heterocycles. The fourth-order valence-corrected chi connectivity index (χ4v) is 3.27. The van der Waals surface area contributed by atoms with Crippen molar-refractivity contribution in [2.24, 2.45) is 0 Å². The number of aliphatic hydroxyl groups excluding tert-OH is 1. The predicted octanol–water partition coefficient (Wildman–Crippen LogP) is 0.946. The molecule has 0 aliphatic carbocycles. The van der Waals surface area contributed by atoms with Crippen LogP contribution >= 0.6 is 0 Å². The van der Waals surface area contributed by atoms with Crippen LogP contribution in [-0.2, 0) is 10.0 Å². The van der Waals surface area contributed by atoms with Crippen LogP contribution in [0.2, 0.25) is 0 Å². The maximum absolute atomic E-state index is 11.9. The maximum Gasteiger partial charge on any atom is 0.240 e. The van der Waals surface area contributed by atoms with Gasteiger partial charge in [-0.1, -0.05) is 6.92 Å². The van der Waals surface area contributed by atoms with Crippen molar-refractivity contribution in [1.82, 2.24) is 4.72 Å². The first-order chi connectivity index (χ1) is 9.03. The first kappa shape index (κ1) is 14.3. The zero-order valence-corrected chi connectivity index (χ0v) is 11.9. The van der Waals surface area contributed by atoms with Gasteiger partial charge in [0.1, 0.15) is 0 Å². The minimum atomic E-state index is -3.39. The second kappa shape index (κ2) is 5.90. The van der Waals surface area contributed by atoms with Gasteiger partial charge in [-0.3, -0.25) is 0 Å². The third-order valence-electron chi connectivity index (χ3n) is 3.22. The van der Waals surface area contributed by atoms with Crippen molar-refractivity contribution < 1.29 is 13.5 Å². The van der Waals surface area contributed by atoms with Crippen LogP contribution in [0.15, 0.2) is 29.2 Å². The molecule has 0 amide bonds. The summed E-state index contributed by atoms with van der Waals surface area (Å²) < 4.78 is 26.4. The minimum Gasteiger partial charge on any atom is -0.391 e. The van der Waals surface area contributed by atoms with Gasteiger partial charge in [0.15, 0.2) is 0 Å². The predicted molar refractivity (Wildman–Crippen MR) is 74.8 cm³/mol. The van der Waals surface area contributed by atoms with E-state index in [1.54, 1.807) is 24.3 Å². The third-order valence-corrected chi connectivity index (χ3v) is 4.69. The van der Waals surface area contributed by atoms with Gasteiger partial charge in [-0.15, -0.1) is 0 Å². The number of nitrogens with zero attached hydrogens (tertiary/aromatic N) is 1. The Morgan fingerprint density at radius 3 is 2.58 bits per heavy atom. The lowest BCUT2D eigenvalue weighted by Gasteiger charge is -2.18. The standard InChI is InChI=1S/C13H20N2O3S/c1-2-8-14-19(17,18)13-5-3-11(4-6-13)15-9-7-12(16)10-15/h3-6,12,14,16H,2,7-10H2,1H3/t12-/m1/s1. The van der Waals surface area contributed by atoms with Gasteiger partial charge >= 0.3 is 0 Å². The number of aliphatic hydroxyl groups is 1. The molecular formula is C13H20N2O3S. The Balaban J connectivity index is 2.10. The molecule has 0 saturated carbocycles. The summed E-state index contributed by atoms with van der Waals surface area (Å²) in [5.74, 6) is 0. The Kier molecular flexibility index (Phi) is 4.44. The highest BCUT2D eigenvalue weighted by Gasteiger charge is 2.21. The molecule has 1 heterocycles. The summed E-state index contributed by atoms with van der Waals surface area (Å²) in [7, 11) is -3.39. The van der Waals surface area contributed by atoms with E-state index in [1.165, 1.54) is 0 Å². The molecule has 19 heavy (non-hydrogen) atoms. The van der Waals surface area contributed by atoms with Crippen LogP contribution in [0.25, 0.3) is 0 Å². The van der Waals surface area contributed by atoms with Gasteiger partial charge in [0.25, 0.3) is 0 Å².